The summed E-state index contributed by atoms with van der Waals surface area (Å²) in [6, 6.07) is 22.5. The maximum absolute atomic E-state index is 13.9. The van der Waals surface area contributed by atoms with Crippen molar-refractivity contribution in [2.24, 2.45) is 0 Å². The van der Waals surface area contributed by atoms with Crippen LogP contribution in [0.3, 0.4) is 0 Å². The number of ether oxygens (including phenoxy) is 3. The maximum Gasteiger partial charge on any atom is 0.260 e. The van der Waals surface area contributed by atoms with Gasteiger partial charge in [0, 0.05) is 30.4 Å². The molecular formula is C30H30N2O4. The van der Waals surface area contributed by atoms with Gasteiger partial charge < -0.3 is 23.3 Å². The van der Waals surface area contributed by atoms with Crippen LogP contribution in [-0.2, 0) is 13.0 Å². The molecule has 5 aromatic rings. The molecule has 2 aromatic heterocycles. The highest BCUT2D eigenvalue weighted by Crippen LogP contribution is 2.46. The fraction of sp³-hybridized carbons (Fsp3) is 0.233. The minimum atomic E-state index is -0.0463. The second-order valence-electron chi connectivity index (χ2n) is 8.82. The van der Waals surface area contributed by atoms with E-state index in [0.29, 0.717) is 35.6 Å². The fourth-order valence-electron chi connectivity index (χ4n) is 5.12. The van der Waals surface area contributed by atoms with Gasteiger partial charge in [-0.25, -0.2) is 0 Å². The lowest BCUT2D eigenvalue weighted by Crippen LogP contribution is -2.20. The molecule has 0 N–H and O–H groups in total. The Balaban J connectivity index is 2.02. The van der Waals surface area contributed by atoms with Crippen LogP contribution >= 0.6 is 0 Å². The molecule has 0 saturated carbocycles. The number of rotatable bonds is 7. The Morgan fingerprint density at radius 1 is 0.833 bits per heavy atom. The first kappa shape index (κ1) is 23.5. The normalized spacial score (nSPS) is 11.2. The third-order valence-corrected chi connectivity index (χ3v) is 6.69. The van der Waals surface area contributed by atoms with E-state index in [1.54, 1.807) is 25.9 Å². The third-order valence-electron chi connectivity index (χ3n) is 6.69. The lowest BCUT2D eigenvalue weighted by Gasteiger charge is -2.20. The molecule has 184 valence electrons. The lowest BCUT2D eigenvalue weighted by molar-refractivity contribution is 0.327. The van der Waals surface area contributed by atoms with Crippen molar-refractivity contribution in [3.63, 3.8) is 0 Å². The Kier molecular flexibility index (Phi) is 6.18. The molecule has 0 bridgehead atoms. The number of hydrogen-bond acceptors (Lipinski definition) is 4. The van der Waals surface area contributed by atoms with Crippen LogP contribution in [-0.4, -0.2) is 30.5 Å². The summed E-state index contributed by atoms with van der Waals surface area (Å²) in [5.41, 5.74) is 5.80. The SMILES string of the molecule is CCn1c(=O)c2cc(Cc3ccccc3)n(-c3cccc(C)c3)c2c2c(OC)c(OC)c(OC)cc21. The molecule has 0 amide bonds. The molecule has 6 nitrogen and oxygen atoms in total. The lowest BCUT2D eigenvalue weighted by atomic mass is 10.1. The molecule has 36 heavy (non-hydrogen) atoms. The van der Waals surface area contributed by atoms with E-state index >= 15 is 0 Å². The van der Waals surface area contributed by atoms with E-state index in [0.717, 1.165) is 33.4 Å². The van der Waals surface area contributed by atoms with E-state index in [9.17, 15) is 4.79 Å². The van der Waals surface area contributed by atoms with Crippen LogP contribution in [0.4, 0.5) is 0 Å². The van der Waals surface area contributed by atoms with Crippen LogP contribution in [0.5, 0.6) is 17.2 Å². The molecule has 0 spiro atoms. The number of hydrogen-bond donors (Lipinski definition) is 0. The molecule has 0 aliphatic heterocycles. The Labute approximate surface area is 210 Å². The Bertz CT molecular complexity index is 1630. The van der Waals surface area contributed by atoms with Crippen molar-refractivity contribution < 1.29 is 14.2 Å². The van der Waals surface area contributed by atoms with Crippen molar-refractivity contribution in [1.29, 1.82) is 0 Å². The average Bonchev–Trinajstić information content (AvgIpc) is 3.27. The second-order valence-corrected chi connectivity index (χ2v) is 8.82. The largest absolute Gasteiger partial charge is 0.493 e. The van der Waals surface area contributed by atoms with Crippen molar-refractivity contribution in [1.82, 2.24) is 9.13 Å². The van der Waals surface area contributed by atoms with E-state index in [1.165, 1.54) is 5.56 Å². The fourth-order valence-corrected chi connectivity index (χ4v) is 5.12. The Hall–Kier alpha value is -4.19. The summed E-state index contributed by atoms with van der Waals surface area (Å²) < 4.78 is 21.3. The van der Waals surface area contributed by atoms with Crippen LogP contribution < -0.4 is 19.8 Å². The van der Waals surface area contributed by atoms with E-state index in [-0.39, 0.29) is 5.56 Å². The molecule has 6 heteroatoms. The Morgan fingerprint density at radius 2 is 1.58 bits per heavy atom. The van der Waals surface area contributed by atoms with Gasteiger partial charge >= 0.3 is 0 Å². The van der Waals surface area contributed by atoms with Gasteiger partial charge in [0.05, 0.1) is 43.1 Å². The zero-order valence-electron chi connectivity index (χ0n) is 21.3. The highest BCUT2D eigenvalue weighted by Gasteiger charge is 2.25. The van der Waals surface area contributed by atoms with Gasteiger partial charge in [0.2, 0.25) is 5.75 Å². The van der Waals surface area contributed by atoms with Gasteiger partial charge in [-0.3, -0.25) is 4.79 Å². The van der Waals surface area contributed by atoms with E-state index < -0.39 is 0 Å². The zero-order valence-corrected chi connectivity index (χ0v) is 21.3. The number of aromatic nitrogens is 2. The van der Waals surface area contributed by atoms with Gasteiger partial charge in [-0.05, 0) is 43.2 Å². The number of benzene rings is 3. The van der Waals surface area contributed by atoms with Crippen molar-refractivity contribution in [2.45, 2.75) is 26.8 Å². The molecule has 0 saturated heterocycles. The van der Waals surface area contributed by atoms with Crippen molar-refractivity contribution >= 4 is 21.8 Å². The third kappa shape index (κ3) is 3.70. The standard InChI is InChI=1S/C30H30N2O4/c1-6-31-24-18-25(34-3)28(35-4)29(36-5)26(24)27-23(30(31)33)17-22(16-20-12-8-7-9-13-20)32(27)21-14-10-11-19(2)15-21/h7-15,17-18H,6,16H2,1-5H3. The number of nitrogens with zero attached hydrogens (tertiary/aromatic N) is 2. The maximum atomic E-state index is 13.9. The van der Waals surface area contributed by atoms with Crippen LogP contribution in [0.2, 0.25) is 0 Å². The van der Waals surface area contributed by atoms with Crippen LogP contribution in [0.1, 0.15) is 23.7 Å². The van der Waals surface area contributed by atoms with E-state index in [2.05, 4.69) is 41.8 Å². The molecule has 0 unspecified atom stereocenters. The highest BCUT2D eigenvalue weighted by atomic mass is 16.5. The minimum Gasteiger partial charge on any atom is -0.493 e. The van der Waals surface area contributed by atoms with Crippen LogP contribution in [0.15, 0.2) is 71.5 Å². The first-order valence-corrected chi connectivity index (χ1v) is 12.0. The topological polar surface area (TPSA) is 54.6 Å². The summed E-state index contributed by atoms with van der Waals surface area (Å²) >= 11 is 0. The van der Waals surface area contributed by atoms with Gasteiger partial charge in [-0.1, -0.05) is 42.5 Å². The molecule has 3 aromatic carbocycles. The number of aryl methyl sites for hydroxylation is 2. The number of methoxy groups -OCH3 is 3. The zero-order chi connectivity index (χ0) is 25.4. The second kappa shape index (κ2) is 9.46. The summed E-state index contributed by atoms with van der Waals surface area (Å²) in [5.74, 6) is 1.55. The van der Waals surface area contributed by atoms with Gasteiger partial charge in [-0.2, -0.15) is 0 Å². The summed E-state index contributed by atoms with van der Waals surface area (Å²) in [6.07, 6.45) is 0.673. The first-order valence-electron chi connectivity index (χ1n) is 12.0. The van der Waals surface area contributed by atoms with Gasteiger partial charge in [-0.15, -0.1) is 0 Å². The predicted molar refractivity (Wildman–Crippen MR) is 144 cm³/mol. The highest BCUT2D eigenvalue weighted by molar-refractivity contribution is 6.10. The Morgan fingerprint density at radius 3 is 2.22 bits per heavy atom. The molecule has 0 aliphatic rings. The number of fused-ring (bicyclic) bond motifs is 3. The van der Waals surface area contributed by atoms with Gasteiger partial charge in [0.15, 0.2) is 11.5 Å². The predicted octanol–water partition coefficient (Wildman–Crippen LogP) is 5.89. The molecule has 5 rings (SSSR count). The molecule has 2 heterocycles. The summed E-state index contributed by atoms with van der Waals surface area (Å²) in [5, 5.41) is 1.45. The monoisotopic (exact) mass is 482 g/mol. The summed E-state index contributed by atoms with van der Waals surface area (Å²) in [6.45, 7) is 4.55. The molecule has 0 atom stereocenters. The van der Waals surface area contributed by atoms with Gasteiger partial charge in [0.25, 0.3) is 5.56 Å². The van der Waals surface area contributed by atoms with Crippen LogP contribution in [0.25, 0.3) is 27.5 Å². The molecule has 0 aliphatic carbocycles. The van der Waals surface area contributed by atoms with Crippen molar-refractivity contribution in [3.05, 3.63) is 93.9 Å². The summed E-state index contributed by atoms with van der Waals surface area (Å²) in [4.78, 5) is 13.9. The molecule has 0 fully saturated rings. The van der Waals surface area contributed by atoms with E-state index in [1.807, 2.05) is 43.3 Å². The van der Waals surface area contributed by atoms with Crippen LogP contribution in [0, 0.1) is 6.92 Å². The van der Waals surface area contributed by atoms with Crippen molar-refractivity contribution in [2.75, 3.05) is 21.3 Å². The smallest absolute Gasteiger partial charge is 0.260 e. The first-order chi connectivity index (χ1) is 17.5. The summed E-state index contributed by atoms with van der Waals surface area (Å²) in [7, 11) is 4.80. The quantitative estimate of drug-likeness (QED) is 0.290. The number of pyridine rings is 1. The molecular weight excluding hydrogens is 452 g/mol. The van der Waals surface area contributed by atoms with Crippen molar-refractivity contribution in [3.8, 4) is 22.9 Å². The minimum absolute atomic E-state index is 0.0463. The average molecular weight is 483 g/mol. The van der Waals surface area contributed by atoms with Gasteiger partial charge in [0.1, 0.15) is 0 Å². The van der Waals surface area contributed by atoms with E-state index in [4.69, 9.17) is 14.2 Å². The molecule has 0 radical (unpaired) electrons.